The molecular formula is C24H23BrFN3O4S. The first kappa shape index (κ1) is 24.2. The van der Waals surface area contributed by atoms with Crippen LogP contribution in [0.1, 0.15) is 10.4 Å². The van der Waals surface area contributed by atoms with E-state index in [9.17, 15) is 17.6 Å². The first-order chi connectivity index (χ1) is 16.3. The Bertz CT molecular complexity index is 1290. The lowest BCUT2D eigenvalue weighted by Crippen LogP contribution is -2.48. The van der Waals surface area contributed by atoms with Crippen LogP contribution in [0.4, 0.5) is 15.8 Å². The van der Waals surface area contributed by atoms with Gasteiger partial charge >= 0.3 is 0 Å². The van der Waals surface area contributed by atoms with Gasteiger partial charge in [0.2, 0.25) is 10.0 Å². The van der Waals surface area contributed by atoms with Gasteiger partial charge in [0.15, 0.2) is 0 Å². The highest BCUT2D eigenvalue weighted by Gasteiger charge is 2.30. The number of nitrogens with one attached hydrogen (secondary N) is 1. The third-order valence-corrected chi connectivity index (χ3v) is 8.01. The third-order valence-electron chi connectivity index (χ3n) is 5.59. The van der Waals surface area contributed by atoms with Crippen LogP contribution in [0.2, 0.25) is 0 Å². The summed E-state index contributed by atoms with van der Waals surface area (Å²) in [6.45, 7) is 1.44. The first-order valence-corrected chi connectivity index (χ1v) is 12.8. The molecule has 1 aliphatic heterocycles. The zero-order valence-corrected chi connectivity index (χ0v) is 20.8. The topological polar surface area (TPSA) is 79.0 Å². The molecule has 3 aromatic rings. The van der Waals surface area contributed by atoms with Crippen molar-refractivity contribution in [1.82, 2.24) is 4.31 Å². The molecule has 0 spiro atoms. The van der Waals surface area contributed by atoms with Gasteiger partial charge in [-0.3, -0.25) is 4.79 Å². The molecule has 0 bridgehead atoms. The van der Waals surface area contributed by atoms with Crippen LogP contribution >= 0.6 is 15.9 Å². The van der Waals surface area contributed by atoms with Crippen molar-refractivity contribution in [1.29, 1.82) is 0 Å². The summed E-state index contributed by atoms with van der Waals surface area (Å²) in [5.41, 5.74) is 1.03. The normalized spacial score (nSPS) is 14.6. The Morgan fingerprint density at radius 1 is 1.00 bits per heavy atom. The number of amides is 1. The van der Waals surface area contributed by atoms with Gasteiger partial charge in [0.05, 0.1) is 23.3 Å². The molecule has 178 valence electrons. The number of carbonyl (C=O) groups is 1. The Morgan fingerprint density at radius 2 is 1.68 bits per heavy atom. The van der Waals surface area contributed by atoms with Crippen molar-refractivity contribution >= 4 is 43.2 Å². The van der Waals surface area contributed by atoms with Gasteiger partial charge in [0, 0.05) is 36.3 Å². The summed E-state index contributed by atoms with van der Waals surface area (Å²) in [5.74, 6) is -0.800. The Hall–Kier alpha value is -2.95. The predicted octanol–water partition coefficient (Wildman–Crippen LogP) is 4.36. The number of para-hydroxylation sites is 2. The van der Waals surface area contributed by atoms with Crippen molar-refractivity contribution in [3.8, 4) is 5.75 Å². The Labute approximate surface area is 206 Å². The SMILES string of the molecule is COc1ccccc1N1CCN(S(=O)(=O)c2ccc(F)c(C(=O)Nc3ccc(Br)cc3)c2)CC1. The van der Waals surface area contributed by atoms with Crippen molar-refractivity contribution in [2.24, 2.45) is 0 Å². The molecule has 0 unspecified atom stereocenters. The second kappa shape index (κ2) is 10.1. The van der Waals surface area contributed by atoms with Gasteiger partial charge in [-0.15, -0.1) is 0 Å². The van der Waals surface area contributed by atoms with Crippen LogP contribution < -0.4 is 15.0 Å². The molecule has 0 saturated carbocycles. The quantitative estimate of drug-likeness (QED) is 0.496. The van der Waals surface area contributed by atoms with E-state index >= 15 is 0 Å². The first-order valence-electron chi connectivity index (χ1n) is 10.5. The molecular weight excluding hydrogens is 525 g/mol. The zero-order valence-electron chi connectivity index (χ0n) is 18.4. The highest BCUT2D eigenvalue weighted by Crippen LogP contribution is 2.29. The number of sulfonamides is 1. The molecule has 0 atom stereocenters. The van der Waals surface area contributed by atoms with Crippen LogP contribution in [0, 0.1) is 5.82 Å². The number of piperazine rings is 1. The number of benzene rings is 3. The van der Waals surface area contributed by atoms with Gasteiger partial charge in [-0.25, -0.2) is 12.8 Å². The number of hydrogen-bond acceptors (Lipinski definition) is 5. The molecule has 34 heavy (non-hydrogen) atoms. The average molecular weight is 548 g/mol. The van der Waals surface area contributed by atoms with E-state index in [0.29, 0.717) is 18.8 Å². The van der Waals surface area contributed by atoms with E-state index in [1.807, 2.05) is 24.3 Å². The van der Waals surface area contributed by atoms with E-state index in [-0.39, 0.29) is 23.5 Å². The second-order valence-corrected chi connectivity index (χ2v) is 10.5. The van der Waals surface area contributed by atoms with Gasteiger partial charge in [-0.1, -0.05) is 28.1 Å². The highest BCUT2D eigenvalue weighted by molar-refractivity contribution is 9.10. The van der Waals surface area contributed by atoms with Crippen LogP contribution in [0.3, 0.4) is 0 Å². The van der Waals surface area contributed by atoms with Crippen molar-refractivity contribution in [3.05, 3.63) is 82.6 Å². The van der Waals surface area contributed by atoms with Crippen LogP contribution in [0.25, 0.3) is 0 Å². The fourth-order valence-corrected chi connectivity index (χ4v) is 5.49. The summed E-state index contributed by atoms with van der Waals surface area (Å²) in [4.78, 5) is 14.6. The molecule has 1 heterocycles. The largest absolute Gasteiger partial charge is 0.495 e. The molecule has 0 aliphatic carbocycles. The number of hydrogen-bond donors (Lipinski definition) is 1. The van der Waals surface area contributed by atoms with Gasteiger partial charge in [-0.05, 0) is 54.6 Å². The summed E-state index contributed by atoms with van der Waals surface area (Å²) in [5, 5.41) is 2.59. The van der Waals surface area contributed by atoms with Gasteiger partial charge in [0.1, 0.15) is 11.6 Å². The number of halogens is 2. The number of rotatable bonds is 6. The fourth-order valence-electron chi connectivity index (χ4n) is 3.78. The molecule has 1 aliphatic rings. The molecule has 3 aromatic carbocycles. The molecule has 0 radical (unpaired) electrons. The summed E-state index contributed by atoms with van der Waals surface area (Å²) in [6, 6.07) is 17.6. The third kappa shape index (κ3) is 5.08. The highest BCUT2D eigenvalue weighted by atomic mass is 79.9. The van der Waals surface area contributed by atoms with Crippen LogP contribution in [0.5, 0.6) is 5.75 Å². The monoisotopic (exact) mass is 547 g/mol. The standard InChI is InChI=1S/C24H23BrFN3O4S/c1-33-23-5-3-2-4-22(23)28-12-14-29(15-13-28)34(31,32)19-10-11-21(26)20(16-19)24(30)27-18-8-6-17(25)7-9-18/h2-11,16H,12-15H2,1H3,(H,27,30). The van der Waals surface area contributed by atoms with E-state index in [2.05, 4.69) is 26.1 Å². The Morgan fingerprint density at radius 3 is 2.35 bits per heavy atom. The van der Waals surface area contributed by atoms with Crippen LogP contribution in [0.15, 0.2) is 76.1 Å². The van der Waals surface area contributed by atoms with Crippen LogP contribution in [-0.2, 0) is 10.0 Å². The van der Waals surface area contributed by atoms with E-state index in [4.69, 9.17) is 4.74 Å². The van der Waals surface area contributed by atoms with E-state index in [1.54, 1.807) is 31.4 Å². The predicted molar refractivity (Wildman–Crippen MR) is 132 cm³/mol. The minimum Gasteiger partial charge on any atom is -0.495 e. The number of anilines is 2. The maximum Gasteiger partial charge on any atom is 0.258 e. The van der Waals surface area contributed by atoms with E-state index < -0.39 is 21.7 Å². The molecule has 10 heteroatoms. The molecule has 0 aromatic heterocycles. The number of ether oxygens (including phenoxy) is 1. The van der Waals surface area contributed by atoms with Crippen LogP contribution in [-0.4, -0.2) is 51.9 Å². The molecule has 1 N–H and O–H groups in total. The Kier molecular flexibility index (Phi) is 7.20. The number of methoxy groups -OCH3 is 1. The lowest BCUT2D eigenvalue weighted by atomic mass is 10.2. The number of carbonyl (C=O) groups excluding carboxylic acids is 1. The Balaban J connectivity index is 1.50. The molecule has 4 rings (SSSR count). The molecule has 1 fully saturated rings. The maximum atomic E-state index is 14.4. The molecule has 1 saturated heterocycles. The lowest BCUT2D eigenvalue weighted by molar-refractivity contribution is 0.102. The van der Waals surface area contributed by atoms with Crippen molar-refractivity contribution in [2.75, 3.05) is 43.5 Å². The minimum absolute atomic E-state index is 0.124. The molecule has 1 amide bonds. The smallest absolute Gasteiger partial charge is 0.258 e. The summed E-state index contributed by atoms with van der Waals surface area (Å²) in [6.07, 6.45) is 0. The fraction of sp³-hybridized carbons (Fsp3) is 0.208. The summed E-state index contributed by atoms with van der Waals surface area (Å²) < 4.78 is 48.5. The average Bonchev–Trinajstić information content (AvgIpc) is 2.85. The number of nitrogens with zero attached hydrogens (tertiary/aromatic N) is 2. The van der Waals surface area contributed by atoms with Crippen molar-refractivity contribution < 1.29 is 22.3 Å². The van der Waals surface area contributed by atoms with E-state index in [0.717, 1.165) is 28.0 Å². The zero-order chi connectivity index (χ0) is 24.3. The van der Waals surface area contributed by atoms with E-state index in [1.165, 1.54) is 10.4 Å². The van der Waals surface area contributed by atoms with Gasteiger partial charge in [-0.2, -0.15) is 4.31 Å². The van der Waals surface area contributed by atoms with Crippen molar-refractivity contribution in [2.45, 2.75) is 4.90 Å². The summed E-state index contributed by atoms with van der Waals surface area (Å²) in [7, 11) is -2.32. The van der Waals surface area contributed by atoms with Gasteiger partial charge < -0.3 is 15.0 Å². The summed E-state index contributed by atoms with van der Waals surface area (Å²) >= 11 is 3.31. The lowest BCUT2D eigenvalue weighted by Gasteiger charge is -2.36. The molecule has 7 nitrogen and oxygen atoms in total. The maximum absolute atomic E-state index is 14.4. The second-order valence-electron chi connectivity index (χ2n) is 7.67. The van der Waals surface area contributed by atoms with Gasteiger partial charge in [0.25, 0.3) is 5.91 Å². The van der Waals surface area contributed by atoms with Crippen molar-refractivity contribution in [3.63, 3.8) is 0 Å². The minimum atomic E-state index is -3.91.